The van der Waals surface area contributed by atoms with Crippen molar-refractivity contribution in [2.75, 3.05) is 19.5 Å². The van der Waals surface area contributed by atoms with Crippen LogP contribution in [0.4, 0.5) is 11.4 Å². The Bertz CT molecular complexity index is 840. The summed E-state index contributed by atoms with van der Waals surface area (Å²) < 4.78 is 10.7. The number of carbonyl (C=O) groups is 1. The highest BCUT2D eigenvalue weighted by Gasteiger charge is 2.09. The lowest BCUT2D eigenvalue weighted by Crippen LogP contribution is -1.97. The van der Waals surface area contributed by atoms with Crippen molar-refractivity contribution in [2.24, 2.45) is 0 Å². The molecule has 0 aliphatic rings. The summed E-state index contributed by atoms with van der Waals surface area (Å²) in [6.07, 6.45) is 0.874. The highest BCUT2D eigenvalue weighted by Crippen LogP contribution is 2.37. The fraction of sp³-hybridized carbons (Fsp3) is 0.105. The highest BCUT2D eigenvalue weighted by molar-refractivity contribution is 7.17. The van der Waals surface area contributed by atoms with Crippen LogP contribution in [0.25, 0.3) is 10.4 Å². The van der Waals surface area contributed by atoms with Crippen LogP contribution < -0.4 is 14.8 Å². The molecule has 1 aromatic heterocycles. The van der Waals surface area contributed by atoms with Crippen molar-refractivity contribution >= 4 is 29.0 Å². The molecule has 4 nitrogen and oxygen atoms in total. The molecule has 0 saturated carbocycles. The Balaban J connectivity index is 1.83. The third-order valence-electron chi connectivity index (χ3n) is 3.59. The molecule has 0 unspecified atom stereocenters. The second-order valence-electron chi connectivity index (χ2n) is 5.06. The summed E-state index contributed by atoms with van der Waals surface area (Å²) in [5.74, 6) is 1.34. The molecular weight excluding hydrogens is 322 g/mol. The van der Waals surface area contributed by atoms with Gasteiger partial charge < -0.3 is 14.8 Å². The van der Waals surface area contributed by atoms with Gasteiger partial charge >= 0.3 is 0 Å². The predicted octanol–water partition coefficient (Wildman–Crippen LogP) is 4.99. The Hall–Kier alpha value is -2.79. The van der Waals surface area contributed by atoms with Crippen molar-refractivity contribution in [3.05, 3.63) is 59.5 Å². The maximum atomic E-state index is 10.8. The van der Waals surface area contributed by atoms with Gasteiger partial charge in [0.25, 0.3) is 0 Å². The number of thiophene rings is 1. The zero-order chi connectivity index (χ0) is 16.9. The molecule has 3 aromatic rings. The maximum absolute atomic E-state index is 10.8. The number of hydrogen-bond acceptors (Lipinski definition) is 5. The van der Waals surface area contributed by atoms with Crippen LogP contribution in [0.15, 0.2) is 54.6 Å². The Labute approximate surface area is 144 Å². The second kappa shape index (κ2) is 7.19. The number of methoxy groups -OCH3 is 2. The Morgan fingerprint density at radius 1 is 0.958 bits per heavy atom. The van der Waals surface area contributed by atoms with Crippen LogP contribution in [0.2, 0.25) is 0 Å². The number of para-hydroxylation sites is 1. The second-order valence-corrected chi connectivity index (χ2v) is 6.18. The smallest absolute Gasteiger partial charge is 0.184 e. The van der Waals surface area contributed by atoms with E-state index in [9.17, 15) is 4.79 Å². The molecule has 0 saturated heterocycles. The van der Waals surface area contributed by atoms with Gasteiger partial charge in [-0.15, -0.1) is 11.3 Å². The van der Waals surface area contributed by atoms with Crippen molar-refractivity contribution in [1.29, 1.82) is 0 Å². The zero-order valence-electron chi connectivity index (χ0n) is 13.4. The number of ether oxygens (including phenoxy) is 2. The van der Waals surface area contributed by atoms with E-state index in [1.807, 2.05) is 54.6 Å². The fourth-order valence-electron chi connectivity index (χ4n) is 2.43. The maximum Gasteiger partial charge on any atom is 0.184 e. The first-order chi connectivity index (χ1) is 11.7. The lowest BCUT2D eigenvalue weighted by Gasteiger charge is -2.14. The number of hydrogen-bond donors (Lipinski definition) is 1. The van der Waals surface area contributed by atoms with E-state index in [0.717, 1.165) is 33.0 Å². The van der Waals surface area contributed by atoms with Gasteiger partial charge in [0, 0.05) is 10.6 Å². The van der Waals surface area contributed by atoms with Crippen LogP contribution in [0.5, 0.6) is 11.5 Å². The van der Waals surface area contributed by atoms with Gasteiger partial charge in [0.15, 0.2) is 17.8 Å². The van der Waals surface area contributed by atoms with E-state index in [1.54, 1.807) is 14.2 Å². The number of carbonyl (C=O) groups excluding carboxylic acids is 1. The molecule has 3 rings (SSSR count). The largest absolute Gasteiger partial charge is 0.493 e. The third kappa shape index (κ3) is 3.26. The molecule has 2 aromatic carbocycles. The molecular formula is C19H17NO3S. The summed E-state index contributed by atoms with van der Waals surface area (Å²) in [7, 11) is 3.23. The van der Waals surface area contributed by atoms with E-state index in [2.05, 4.69) is 5.32 Å². The Morgan fingerprint density at radius 3 is 2.38 bits per heavy atom. The SMILES string of the molecule is COc1cccc(Nc2ccc(-c3ccc(C=O)s3)cc2)c1OC. The normalized spacial score (nSPS) is 10.2. The van der Waals surface area contributed by atoms with Crippen LogP contribution in [0.1, 0.15) is 9.67 Å². The topological polar surface area (TPSA) is 47.6 Å². The van der Waals surface area contributed by atoms with E-state index < -0.39 is 0 Å². The molecule has 5 heteroatoms. The van der Waals surface area contributed by atoms with E-state index in [4.69, 9.17) is 9.47 Å². The van der Waals surface area contributed by atoms with Gasteiger partial charge in [-0.3, -0.25) is 4.79 Å². The summed E-state index contributed by atoms with van der Waals surface area (Å²) in [6, 6.07) is 17.5. The van der Waals surface area contributed by atoms with E-state index in [1.165, 1.54) is 11.3 Å². The molecule has 0 radical (unpaired) electrons. The van der Waals surface area contributed by atoms with E-state index in [-0.39, 0.29) is 0 Å². The van der Waals surface area contributed by atoms with Gasteiger partial charge in [0.1, 0.15) is 0 Å². The number of rotatable bonds is 6. The molecule has 0 fully saturated rings. The quantitative estimate of drug-likeness (QED) is 0.643. The molecule has 0 aliphatic carbocycles. The Kier molecular flexibility index (Phi) is 4.82. The first-order valence-corrected chi connectivity index (χ1v) is 8.20. The number of nitrogens with one attached hydrogen (secondary N) is 1. The summed E-state index contributed by atoms with van der Waals surface area (Å²) in [4.78, 5) is 12.6. The fourth-order valence-corrected chi connectivity index (χ4v) is 3.26. The summed E-state index contributed by atoms with van der Waals surface area (Å²) >= 11 is 1.48. The van der Waals surface area contributed by atoms with Crippen molar-refractivity contribution in [2.45, 2.75) is 0 Å². The number of benzene rings is 2. The first-order valence-electron chi connectivity index (χ1n) is 7.38. The molecule has 0 bridgehead atoms. The van der Waals surface area contributed by atoms with Crippen LogP contribution in [0, 0.1) is 0 Å². The van der Waals surface area contributed by atoms with E-state index >= 15 is 0 Å². The lowest BCUT2D eigenvalue weighted by molar-refractivity contribution is 0.112. The van der Waals surface area contributed by atoms with Crippen LogP contribution >= 0.6 is 11.3 Å². The molecule has 1 heterocycles. The average Bonchev–Trinajstić information content (AvgIpc) is 3.11. The minimum Gasteiger partial charge on any atom is -0.493 e. The van der Waals surface area contributed by atoms with Crippen molar-refractivity contribution in [3.8, 4) is 21.9 Å². The average molecular weight is 339 g/mol. The minimum atomic E-state index is 0.665. The van der Waals surface area contributed by atoms with Gasteiger partial charge in [-0.25, -0.2) is 0 Å². The van der Waals surface area contributed by atoms with Gasteiger partial charge in [-0.2, -0.15) is 0 Å². The molecule has 0 atom stereocenters. The standard InChI is InChI=1S/C19H17NO3S/c1-22-17-5-3-4-16(19(17)23-2)20-14-8-6-13(7-9-14)18-11-10-15(12-21)24-18/h3-12,20H,1-2H3. The monoisotopic (exact) mass is 339 g/mol. The molecule has 24 heavy (non-hydrogen) atoms. The molecule has 0 amide bonds. The van der Waals surface area contributed by atoms with Gasteiger partial charge in [-0.05, 0) is 42.0 Å². The first kappa shape index (κ1) is 16.1. The van der Waals surface area contributed by atoms with Crippen LogP contribution in [-0.2, 0) is 0 Å². The predicted molar refractivity (Wildman–Crippen MR) is 98.0 cm³/mol. The summed E-state index contributed by atoms with van der Waals surface area (Å²) in [5.41, 5.74) is 2.86. The molecule has 1 N–H and O–H groups in total. The van der Waals surface area contributed by atoms with Crippen LogP contribution in [0.3, 0.4) is 0 Å². The van der Waals surface area contributed by atoms with E-state index in [0.29, 0.717) is 11.5 Å². The van der Waals surface area contributed by atoms with Crippen molar-refractivity contribution in [3.63, 3.8) is 0 Å². The molecule has 122 valence electrons. The number of aldehydes is 1. The molecule has 0 spiro atoms. The van der Waals surface area contributed by atoms with Crippen molar-refractivity contribution in [1.82, 2.24) is 0 Å². The Morgan fingerprint density at radius 2 is 1.75 bits per heavy atom. The summed E-state index contributed by atoms with van der Waals surface area (Å²) in [5, 5.41) is 3.34. The minimum absolute atomic E-state index is 0.665. The third-order valence-corrected chi connectivity index (χ3v) is 4.65. The van der Waals surface area contributed by atoms with Crippen molar-refractivity contribution < 1.29 is 14.3 Å². The molecule has 0 aliphatic heterocycles. The lowest BCUT2D eigenvalue weighted by atomic mass is 10.1. The van der Waals surface area contributed by atoms with Gasteiger partial charge in [0.2, 0.25) is 0 Å². The number of anilines is 2. The summed E-state index contributed by atoms with van der Waals surface area (Å²) in [6.45, 7) is 0. The van der Waals surface area contributed by atoms with Crippen LogP contribution in [-0.4, -0.2) is 20.5 Å². The highest BCUT2D eigenvalue weighted by atomic mass is 32.1. The van der Waals surface area contributed by atoms with Gasteiger partial charge in [0.05, 0.1) is 24.8 Å². The zero-order valence-corrected chi connectivity index (χ0v) is 14.2. The van der Waals surface area contributed by atoms with Gasteiger partial charge in [-0.1, -0.05) is 18.2 Å².